The van der Waals surface area contributed by atoms with Crippen LogP contribution in [0.3, 0.4) is 0 Å². The first kappa shape index (κ1) is 17.6. The van der Waals surface area contributed by atoms with Gasteiger partial charge in [-0.15, -0.1) is 0 Å². The van der Waals surface area contributed by atoms with Crippen molar-refractivity contribution in [2.45, 2.75) is 24.2 Å². The molecule has 0 amide bonds. The number of carboxylic acid groups (broad SMARTS) is 1. The Hall–Kier alpha value is -2.20. The minimum absolute atomic E-state index is 0.0377. The molecular formula is C15H18N2O7S. The summed E-state index contributed by atoms with van der Waals surface area (Å²) in [6.45, 7) is 0.0175. The maximum absolute atomic E-state index is 12.9. The van der Waals surface area contributed by atoms with Crippen LogP contribution in [0.1, 0.15) is 19.3 Å². The summed E-state index contributed by atoms with van der Waals surface area (Å²) in [5, 5.41) is 20.7. The first-order valence-corrected chi connectivity index (χ1v) is 9.22. The van der Waals surface area contributed by atoms with Crippen LogP contribution < -0.4 is 4.74 Å². The van der Waals surface area contributed by atoms with Gasteiger partial charge in [0.1, 0.15) is 0 Å². The number of rotatable bonds is 5. The molecule has 1 saturated heterocycles. The average molecular weight is 370 g/mol. The molecule has 1 aromatic carbocycles. The number of nitrogens with zero attached hydrogens (tertiary/aromatic N) is 2. The van der Waals surface area contributed by atoms with Crippen LogP contribution in [-0.2, 0) is 14.8 Å². The molecule has 25 heavy (non-hydrogen) atoms. The zero-order valence-electron chi connectivity index (χ0n) is 13.5. The van der Waals surface area contributed by atoms with E-state index in [4.69, 9.17) is 4.74 Å². The van der Waals surface area contributed by atoms with E-state index >= 15 is 0 Å². The maximum Gasteiger partial charge on any atom is 0.312 e. The number of benzene rings is 1. The standard InChI is InChI=1S/C15H18N2O7S/c1-24-13-5-4-11(7-12(13)17(20)21)25(22,23)16-8-10-3-2-6-15(10,9-16)14(18)19/h4-5,7,10H,2-3,6,8-9H2,1H3,(H,18,19)/t10-,15+/m0/s1. The summed E-state index contributed by atoms with van der Waals surface area (Å²) in [5.74, 6) is -1.24. The lowest BCUT2D eigenvalue weighted by molar-refractivity contribution is -0.386. The van der Waals surface area contributed by atoms with Crippen molar-refractivity contribution in [3.05, 3.63) is 28.3 Å². The molecule has 1 N–H and O–H groups in total. The van der Waals surface area contributed by atoms with E-state index in [2.05, 4.69) is 0 Å². The van der Waals surface area contributed by atoms with Crippen LogP contribution in [0.2, 0.25) is 0 Å². The second-order valence-electron chi connectivity index (χ2n) is 6.44. The quantitative estimate of drug-likeness (QED) is 0.614. The first-order valence-electron chi connectivity index (χ1n) is 7.78. The van der Waals surface area contributed by atoms with Crippen LogP contribution in [0.4, 0.5) is 5.69 Å². The van der Waals surface area contributed by atoms with Gasteiger partial charge < -0.3 is 9.84 Å². The maximum atomic E-state index is 12.9. The fraction of sp³-hybridized carbons (Fsp3) is 0.533. The molecule has 0 bridgehead atoms. The van der Waals surface area contributed by atoms with Gasteiger partial charge in [0.05, 0.1) is 22.3 Å². The van der Waals surface area contributed by atoms with Gasteiger partial charge >= 0.3 is 11.7 Å². The molecule has 10 heteroatoms. The van der Waals surface area contributed by atoms with Crippen molar-refractivity contribution in [1.29, 1.82) is 0 Å². The number of fused-ring (bicyclic) bond motifs is 1. The van der Waals surface area contributed by atoms with Crippen LogP contribution in [0.15, 0.2) is 23.1 Å². The Bertz CT molecular complexity index is 838. The van der Waals surface area contributed by atoms with E-state index in [0.717, 1.165) is 16.8 Å². The van der Waals surface area contributed by atoms with Gasteiger partial charge in [-0.2, -0.15) is 4.31 Å². The second-order valence-corrected chi connectivity index (χ2v) is 8.38. The third-order valence-electron chi connectivity index (χ3n) is 5.25. The van der Waals surface area contributed by atoms with E-state index in [1.54, 1.807) is 0 Å². The molecule has 1 aliphatic carbocycles. The Morgan fingerprint density at radius 1 is 1.48 bits per heavy atom. The van der Waals surface area contributed by atoms with E-state index in [1.165, 1.54) is 19.2 Å². The third kappa shape index (κ3) is 2.65. The van der Waals surface area contributed by atoms with Gasteiger partial charge in [0, 0.05) is 19.2 Å². The molecule has 3 rings (SSSR count). The highest BCUT2D eigenvalue weighted by Gasteiger charge is 2.57. The minimum atomic E-state index is -4.02. The SMILES string of the molecule is COc1ccc(S(=O)(=O)N2C[C@@H]3CCC[C@@]3(C(=O)O)C2)cc1[N+](=O)[O-]. The fourth-order valence-corrected chi connectivity index (χ4v) is 5.47. The van der Waals surface area contributed by atoms with Crippen LogP contribution in [-0.4, -0.2) is 48.9 Å². The minimum Gasteiger partial charge on any atom is -0.490 e. The summed E-state index contributed by atoms with van der Waals surface area (Å²) < 4.78 is 31.8. The number of sulfonamides is 1. The topological polar surface area (TPSA) is 127 Å². The highest BCUT2D eigenvalue weighted by Crippen LogP contribution is 2.50. The first-order chi connectivity index (χ1) is 11.7. The van der Waals surface area contributed by atoms with Crippen molar-refractivity contribution in [3.8, 4) is 5.75 Å². The Morgan fingerprint density at radius 2 is 2.20 bits per heavy atom. The number of hydrogen-bond acceptors (Lipinski definition) is 6. The van der Waals surface area contributed by atoms with Crippen molar-refractivity contribution in [2.24, 2.45) is 11.3 Å². The van der Waals surface area contributed by atoms with E-state index in [9.17, 15) is 28.4 Å². The highest BCUT2D eigenvalue weighted by atomic mass is 32.2. The van der Waals surface area contributed by atoms with E-state index < -0.39 is 32.0 Å². The largest absolute Gasteiger partial charge is 0.490 e. The van der Waals surface area contributed by atoms with Gasteiger partial charge in [0.2, 0.25) is 10.0 Å². The second kappa shape index (κ2) is 5.95. The number of aliphatic carboxylic acids is 1. The predicted molar refractivity (Wildman–Crippen MR) is 85.8 cm³/mol. The molecule has 0 spiro atoms. The van der Waals surface area contributed by atoms with Gasteiger partial charge in [-0.05, 0) is 30.9 Å². The number of methoxy groups -OCH3 is 1. The van der Waals surface area contributed by atoms with Crippen molar-refractivity contribution in [2.75, 3.05) is 20.2 Å². The number of ether oxygens (including phenoxy) is 1. The zero-order chi connectivity index (χ0) is 18.4. The Kier molecular flexibility index (Phi) is 4.20. The van der Waals surface area contributed by atoms with Gasteiger partial charge in [-0.25, -0.2) is 8.42 Å². The molecular weight excluding hydrogens is 352 g/mol. The lowest BCUT2D eigenvalue weighted by atomic mass is 9.81. The Balaban J connectivity index is 1.97. The van der Waals surface area contributed by atoms with Crippen LogP contribution >= 0.6 is 0 Å². The normalized spacial score (nSPS) is 26.4. The van der Waals surface area contributed by atoms with E-state index in [-0.39, 0.29) is 29.7 Å². The number of carboxylic acids is 1. The summed E-state index contributed by atoms with van der Waals surface area (Å²) in [6.07, 6.45) is 1.88. The van der Waals surface area contributed by atoms with Crippen molar-refractivity contribution < 1.29 is 28.0 Å². The summed E-state index contributed by atoms with van der Waals surface area (Å²) >= 11 is 0. The molecule has 1 saturated carbocycles. The molecule has 2 aliphatic rings. The summed E-state index contributed by atoms with van der Waals surface area (Å²) in [4.78, 5) is 21.9. The van der Waals surface area contributed by atoms with Gasteiger partial charge in [-0.1, -0.05) is 6.42 Å². The van der Waals surface area contributed by atoms with Crippen LogP contribution in [0, 0.1) is 21.4 Å². The number of nitro groups is 1. The van der Waals surface area contributed by atoms with E-state index in [0.29, 0.717) is 12.8 Å². The molecule has 1 aliphatic heterocycles. The third-order valence-corrected chi connectivity index (χ3v) is 7.06. The Morgan fingerprint density at radius 3 is 2.76 bits per heavy atom. The monoisotopic (exact) mass is 370 g/mol. The zero-order valence-corrected chi connectivity index (χ0v) is 14.4. The predicted octanol–water partition coefficient (Wildman–Crippen LogP) is 1.48. The number of carbonyl (C=O) groups is 1. The van der Waals surface area contributed by atoms with Gasteiger partial charge in [0.25, 0.3) is 0 Å². The van der Waals surface area contributed by atoms with Crippen LogP contribution in [0.5, 0.6) is 5.75 Å². The molecule has 136 valence electrons. The molecule has 9 nitrogen and oxygen atoms in total. The van der Waals surface area contributed by atoms with Crippen molar-refractivity contribution >= 4 is 21.7 Å². The smallest absolute Gasteiger partial charge is 0.312 e. The summed E-state index contributed by atoms with van der Waals surface area (Å²) in [7, 11) is -2.76. The molecule has 0 radical (unpaired) electrons. The molecule has 0 unspecified atom stereocenters. The summed E-state index contributed by atoms with van der Waals surface area (Å²) in [5.41, 5.74) is -1.50. The average Bonchev–Trinajstić information content (AvgIpc) is 3.12. The molecule has 1 heterocycles. The number of hydrogen-bond donors (Lipinski definition) is 1. The lowest BCUT2D eigenvalue weighted by Gasteiger charge is -2.23. The van der Waals surface area contributed by atoms with Gasteiger partial charge in [0.15, 0.2) is 5.75 Å². The van der Waals surface area contributed by atoms with Crippen molar-refractivity contribution in [3.63, 3.8) is 0 Å². The Labute approximate surface area is 144 Å². The fourth-order valence-electron chi connectivity index (χ4n) is 3.90. The van der Waals surface area contributed by atoms with Crippen LogP contribution in [0.25, 0.3) is 0 Å². The van der Waals surface area contributed by atoms with Crippen molar-refractivity contribution in [1.82, 2.24) is 4.31 Å². The molecule has 0 aromatic heterocycles. The number of nitro benzene ring substituents is 1. The summed E-state index contributed by atoms with van der Waals surface area (Å²) in [6, 6.07) is 3.42. The molecule has 1 aromatic rings. The molecule has 2 atom stereocenters. The molecule has 2 fully saturated rings. The lowest BCUT2D eigenvalue weighted by Crippen LogP contribution is -2.37. The van der Waals surface area contributed by atoms with Gasteiger partial charge in [-0.3, -0.25) is 14.9 Å². The highest BCUT2D eigenvalue weighted by molar-refractivity contribution is 7.89. The van der Waals surface area contributed by atoms with E-state index in [1.807, 2.05) is 0 Å².